The predicted molar refractivity (Wildman–Crippen MR) is 113 cm³/mol. The number of rotatable bonds is 5. The van der Waals surface area contributed by atoms with Crippen molar-refractivity contribution in [2.24, 2.45) is 5.92 Å². The lowest BCUT2D eigenvalue weighted by Gasteiger charge is -2.32. The van der Waals surface area contributed by atoms with Gasteiger partial charge in [-0.1, -0.05) is 19.1 Å². The quantitative estimate of drug-likeness (QED) is 0.666. The van der Waals surface area contributed by atoms with Crippen molar-refractivity contribution in [1.29, 1.82) is 0 Å². The Kier molecular flexibility index (Phi) is 5.76. The Balaban J connectivity index is 1.80. The summed E-state index contributed by atoms with van der Waals surface area (Å²) >= 11 is 0. The van der Waals surface area contributed by atoms with E-state index in [9.17, 15) is 18.4 Å². The van der Waals surface area contributed by atoms with Crippen molar-refractivity contribution >= 4 is 23.1 Å². The normalized spacial score (nSPS) is 17.7. The smallest absolute Gasteiger partial charge is 0.282 e. The van der Waals surface area contributed by atoms with Gasteiger partial charge >= 0.3 is 0 Å². The van der Waals surface area contributed by atoms with Gasteiger partial charge in [0.15, 0.2) is 0 Å². The fourth-order valence-electron chi connectivity index (χ4n) is 4.06. The van der Waals surface area contributed by atoms with Crippen molar-refractivity contribution in [3.8, 4) is 5.75 Å². The lowest BCUT2D eigenvalue weighted by Crippen LogP contribution is -2.38. The number of piperidine rings is 1. The molecule has 4 rings (SSSR count). The Hall–Kier alpha value is -3.22. The number of nitrogens with zero attached hydrogens (tertiary/aromatic N) is 2. The number of likely N-dealkylation sites (tertiary alicyclic amines) is 1. The number of hydrogen-bond acceptors (Lipinski definition) is 4. The highest BCUT2D eigenvalue weighted by atomic mass is 19.1. The zero-order valence-corrected chi connectivity index (χ0v) is 17.5. The molecule has 7 heteroatoms. The molecule has 2 aromatic carbocycles. The minimum absolute atomic E-state index is 0.200. The van der Waals surface area contributed by atoms with Crippen LogP contribution in [0.5, 0.6) is 5.75 Å². The number of benzene rings is 2. The van der Waals surface area contributed by atoms with Crippen LogP contribution in [0.15, 0.2) is 48.2 Å². The summed E-state index contributed by atoms with van der Waals surface area (Å²) in [4.78, 5) is 29.5. The van der Waals surface area contributed by atoms with E-state index in [2.05, 4.69) is 6.92 Å². The summed E-state index contributed by atoms with van der Waals surface area (Å²) in [5, 5.41) is 0. The van der Waals surface area contributed by atoms with Crippen LogP contribution in [0, 0.1) is 17.6 Å². The summed E-state index contributed by atoms with van der Waals surface area (Å²) < 4.78 is 33.8. The highest BCUT2D eigenvalue weighted by molar-refractivity contribution is 6.45. The lowest BCUT2D eigenvalue weighted by molar-refractivity contribution is -0.120. The zero-order chi connectivity index (χ0) is 22.1. The van der Waals surface area contributed by atoms with Crippen molar-refractivity contribution in [2.75, 3.05) is 24.6 Å². The lowest BCUT2D eigenvalue weighted by atomic mass is 9.97. The van der Waals surface area contributed by atoms with E-state index in [0.717, 1.165) is 35.9 Å². The third kappa shape index (κ3) is 3.92. The van der Waals surface area contributed by atoms with E-state index in [1.54, 1.807) is 24.3 Å². The first-order chi connectivity index (χ1) is 14.9. The third-order valence-corrected chi connectivity index (χ3v) is 5.76. The highest BCUT2D eigenvalue weighted by Crippen LogP contribution is 2.37. The van der Waals surface area contributed by atoms with Gasteiger partial charge < -0.3 is 9.64 Å². The molecule has 0 atom stereocenters. The van der Waals surface area contributed by atoms with Gasteiger partial charge in [-0.15, -0.1) is 0 Å². The Morgan fingerprint density at radius 1 is 1.00 bits per heavy atom. The van der Waals surface area contributed by atoms with Crippen LogP contribution in [-0.4, -0.2) is 36.4 Å². The molecular weight excluding hydrogens is 402 g/mol. The summed E-state index contributed by atoms with van der Waals surface area (Å²) in [6.07, 6.45) is 1.77. The fraction of sp³-hybridized carbons (Fsp3) is 0.333. The molecule has 0 N–H and O–H groups in total. The third-order valence-electron chi connectivity index (χ3n) is 5.76. The zero-order valence-electron chi connectivity index (χ0n) is 17.5. The van der Waals surface area contributed by atoms with Crippen LogP contribution >= 0.6 is 0 Å². The second kappa shape index (κ2) is 8.49. The molecule has 0 bridgehead atoms. The van der Waals surface area contributed by atoms with Gasteiger partial charge in [0, 0.05) is 19.2 Å². The molecule has 162 valence electrons. The standard InChI is InChI=1S/C24H24F2N2O3/c1-3-31-18-7-4-16(5-8-18)21-22(27-12-10-15(2)11-13-27)24(30)28(23(21)29)20-14-17(25)6-9-19(20)26/h4-9,14-15H,3,10-13H2,1-2H3. The molecular formula is C24H24F2N2O3. The minimum atomic E-state index is -0.831. The summed E-state index contributed by atoms with van der Waals surface area (Å²) in [6.45, 7) is 5.76. The van der Waals surface area contributed by atoms with Gasteiger partial charge in [0.2, 0.25) is 0 Å². The number of halogens is 2. The molecule has 0 unspecified atom stereocenters. The molecule has 0 aromatic heterocycles. The van der Waals surface area contributed by atoms with E-state index in [0.29, 0.717) is 36.9 Å². The molecule has 31 heavy (non-hydrogen) atoms. The first kappa shape index (κ1) is 21.0. The van der Waals surface area contributed by atoms with E-state index in [1.807, 2.05) is 11.8 Å². The minimum Gasteiger partial charge on any atom is -0.494 e. The summed E-state index contributed by atoms with van der Waals surface area (Å²) in [6, 6.07) is 9.63. The van der Waals surface area contributed by atoms with Crippen LogP contribution in [0.1, 0.15) is 32.3 Å². The maximum atomic E-state index is 14.5. The molecule has 2 amide bonds. The number of ether oxygens (including phenoxy) is 1. The summed E-state index contributed by atoms with van der Waals surface area (Å²) in [5.41, 5.74) is 0.601. The molecule has 2 aliphatic rings. The molecule has 0 aliphatic carbocycles. The van der Waals surface area contributed by atoms with Crippen molar-refractivity contribution in [3.63, 3.8) is 0 Å². The second-order valence-electron chi connectivity index (χ2n) is 7.89. The predicted octanol–water partition coefficient (Wildman–Crippen LogP) is 4.38. The number of carbonyl (C=O) groups is 2. The van der Waals surface area contributed by atoms with E-state index >= 15 is 0 Å². The number of amides is 2. The van der Waals surface area contributed by atoms with Crippen molar-refractivity contribution in [2.45, 2.75) is 26.7 Å². The molecule has 0 spiro atoms. The maximum absolute atomic E-state index is 14.5. The largest absolute Gasteiger partial charge is 0.494 e. The average Bonchev–Trinajstić information content (AvgIpc) is 3.01. The van der Waals surface area contributed by atoms with Crippen LogP contribution in [-0.2, 0) is 9.59 Å². The molecule has 0 saturated carbocycles. The molecule has 2 heterocycles. The van der Waals surface area contributed by atoms with Gasteiger partial charge in [-0.3, -0.25) is 9.59 Å². The molecule has 5 nitrogen and oxygen atoms in total. The van der Waals surface area contributed by atoms with Gasteiger partial charge in [-0.2, -0.15) is 0 Å². The van der Waals surface area contributed by atoms with E-state index in [1.165, 1.54) is 0 Å². The number of carbonyl (C=O) groups excluding carboxylic acids is 2. The van der Waals surface area contributed by atoms with E-state index in [-0.39, 0.29) is 17.0 Å². The molecule has 1 saturated heterocycles. The fourth-order valence-corrected chi connectivity index (χ4v) is 4.06. The van der Waals surface area contributed by atoms with E-state index < -0.39 is 23.4 Å². The second-order valence-corrected chi connectivity index (χ2v) is 7.89. The van der Waals surface area contributed by atoms with E-state index in [4.69, 9.17) is 4.74 Å². The van der Waals surface area contributed by atoms with Crippen LogP contribution < -0.4 is 9.64 Å². The first-order valence-electron chi connectivity index (χ1n) is 10.5. The van der Waals surface area contributed by atoms with Crippen molar-refractivity contribution in [3.05, 3.63) is 65.4 Å². The SMILES string of the molecule is CCOc1ccc(C2=C(N3CCC(C)CC3)C(=O)N(c3cc(F)ccc3F)C2=O)cc1. The van der Waals surface area contributed by atoms with Crippen LogP contribution in [0.25, 0.3) is 5.57 Å². The number of anilines is 1. The maximum Gasteiger partial charge on any atom is 0.282 e. The topological polar surface area (TPSA) is 49.9 Å². The number of imide groups is 1. The Labute approximate surface area is 179 Å². The Morgan fingerprint density at radius 3 is 2.32 bits per heavy atom. The average molecular weight is 426 g/mol. The molecule has 2 aromatic rings. The van der Waals surface area contributed by atoms with Gasteiger partial charge in [0.1, 0.15) is 23.1 Å². The summed E-state index contributed by atoms with van der Waals surface area (Å²) in [7, 11) is 0. The Morgan fingerprint density at radius 2 is 1.68 bits per heavy atom. The Bertz CT molecular complexity index is 1040. The van der Waals surface area contributed by atoms with Crippen molar-refractivity contribution < 1.29 is 23.1 Å². The van der Waals surface area contributed by atoms with Gasteiger partial charge in [0.05, 0.1) is 17.9 Å². The summed E-state index contributed by atoms with van der Waals surface area (Å²) in [5.74, 6) is -1.68. The monoisotopic (exact) mass is 426 g/mol. The van der Waals surface area contributed by atoms with Gasteiger partial charge in [0.25, 0.3) is 11.8 Å². The van der Waals surface area contributed by atoms with Crippen LogP contribution in [0.3, 0.4) is 0 Å². The van der Waals surface area contributed by atoms with Crippen LogP contribution in [0.4, 0.5) is 14.5 Å². The van der Waals surface area contributed by atoms with Gasteiger partial charge in [-0.05, 0) is 55.5 Å². The first-order valence-corrected chi connectivity index (χ1v) is 10.5. The molecule has 1 fully saturated rings. The highest BCUT2D eigenvalue weighted by Gasteiger charge is 2.44. The number of hydrogen-bond donors (Lipinski definition) is 0. The molecule has 2 aliphatic heterocycles. The van der Waals surface area contributed by atoms with Crippen molar-refractivity contribution in [1.82, 2.24) is 4.90 Å². The van der Waals surface area contributed by atoms with Gasteiger partial charge in [-0.25, -0.2) is 13.7 Å². The van der Waals surface area contributed by atoms with Crippen LogP contribution in [0.2, 0.25) is 0 Å². The molecule has 0 radical (unpaired) electrons.